The van der Waals surface area contributed by atoms with Gasteiger partial charge in [-0.25, -0.2) is 0 Å². The Kier molecular flexibility index (Phi) is 4.20. The molecule has 2 saturated heterocycles. The van der Waals surface area contributed by atoms with Crippen molar-refractivity contribution >= 4 is 21.8 Å². The van der Waals surface area contributed by atoms with Gasteiger partial charge in [-0.3, -0.25) is 4.79 Å². The number of hydrogen-bond donors (Lipinski definition) is 0. The Bertz CT molecular complexity index is 596. The van der Waals surface area contributed by atoms with Crippen molar-refractivity contribution in [3.63, 3.8) is 0 Å². The molecular formula is C18H22BrNO3. The summed E-state index contributed by atoms with van der Waals surface area (Å²) < 4.78 is 12.4. The summed E-state index contributed by atoms with van der Waals surface area (Å²) in [6.45, 7) is 2.98. The van der Waals surface area contributed by atoms with Crippen LogP contribution in [-0.4, -0.2) is 43.4 Å². The van der Waals surface area contributed by atoms with Gasteiger partial charge in [0.15, 0.2) is 6.29 Å². The molecule has 0 N–H and O–H groups in total. The Morgan fingerprint density at radius 1 is 1.26 bits per heavy atom. The predicted molar refractivity (Wildman–Crippen MR) is 90.1 cm³/mol. The zero-order valence-electron chi connectivity index (χ0n) is 13.2. The average Bonchev–Trinajstić information content (AvgIpc) is 3.21. The van der Waals surface area contributed by atoms with Crippen LogP contribution in [0.15, 0.2) is 28.7 Å². The van der Waals surface area contributed by atoms with Crippen LogP contribution in [-0.2, 0) is 19.7 Å². The number of piperidine rings is 1. The third kappa shape index (κ3) is 2.94. The summed E-state index contributed by atoms with van der Waals surface area (Å²) in [5.74, 6) is 0.604. The lowest BCUT2D eigenvalue weighted by Gasteiger charge is -2.36. The number of ether oxygens (including phenoxy) is 2. The summed E-state index contributed by atoms with van der Waals surface area (Å²) in [4.78, 5) is 15.2. The van der Waals surface area contributed by atoms with E-state index >= 15 is 0 Å². The van der Waals surface area contributed by atoms with Crippen LogP contribution < -0.4 is 0 Å². The fourth-order valence-electron chi connectivity index (χ4n) is 3.91. The van der Waals surface area contributed by atoms with E-state index in [0.29, 0.717) is 25.0 Å². The number of nitrogens with zero attached hydrogens (tertiary/aromatic N) is 1. The van der Waals surface area contributed by atoms with Gasteiger partial charge < -0.3 is 14.4 Å². The molecule has 5 heteroatoms. The molecule has 1 aromatic rings. The van der Waals surface area contributed by atoms with Gasteiger partial charge in [0.05, 0.1) is 18.6 Å². The zero-order chi connectivity index (χ0) is 15.9. The fourth-order valence-corrected chi connectivity index (χ4v) is 4.30. The van der Waals surface area contributed by atoms with Gasteiger partial charge in [0, 0.05) is 23.5 Å². The molecule has 23 heavy (non-hydrogen) atoms. The summed E-state index contributed by atoms with van der Waals surface area (Å²) in [5, 5.41) is 0. The molecule has 1 aromatic carbocycles. The molecule has 4 nitrogen and oxygen atoms in total. The van der Waals surface area contributed by atoms with Crippen molar-refractivity contribution in [2.45, 2.75) is 37.4 Å². The highest BCUT2D eigenvalue weighted by molar-refractivity contribution is 9.10. The van der Waals surface area contributed by atoms with Gasteiger partial charge in [-0.2, -0.15) is 0 Å². The number of carbonyl (C=O) groups is 1. The number of amides is 1. The first-order valence-electron chi connectivity index (χ1n) is 8.48. The molecule has 1 amide bonds. The van der Waals surface area contributed by atoms with E-state index in [1.807, 2.05) is 17.0 Å². The second kappa shape index (κ2) is 6.19. The Hall–Kier alpha value is -0.910. The van der Waals surface area contributed by atoms with Crippen LogP contribution in [0, 0.1) is 5.92 Å². The molecule has 0 radical (unpaired) electrons. The van der Waals surface area contributed by atoms with E-state index in [1.54, 1.807) is 0 Å². The summed E-state index contributed by atoms with van der Waals surface area (Å²) in [5.41, 5.74) is 0.857. The van der Waals surface area contributed by atoms with Gasteiger partial charge in [0.25, 0.3) is 0 Å². The topological polar surface area (TPSA) is 38.8 Å². The van der Waals surface area contributed by atoms with Crippen molar-refractivity contribution in [3.05, 3.63) is 34.3 Å². The molecule has 2 aliphatic heterocycles. The van der Waals surface area contributed by atoms with Gasteiger partial charge in [0.2, 0.25) is 5.91 Å². The van der Waals surface area contributed by atoms with Gasteiger partial charge in [0.1, 0.15) is 0 Å². The SMILES string of the molecule is O=C(N1CCCC(C2OCCO2)C1)C1(c2cccc(Br)c2)CC1. The lowest BCUT2D eigenvalue weighted by Crippen LogP contribution is -2.47. The molecule has 2 heterocycles. The largest absolute Gasteiger partial charge is 0.350 e. The molecule has 1 aliphatic carbocycles. The minimum absolute atomic E-state index is 0.119. The maximum atomic E-state index is 13.2. The van der Waals surface area contributed by atoms with E-state index < -0.39 is 0 Å². The second-order valence-corrected chi connectivity index (χ2v) is 7.77. The van der Waals surface area contributed by atoms with E-state index in [2.05, 4.69) is 28.1 Å². The molecule has 0 aromatic heterocycles. The van der Waals surface area contributed by atoms with Crippen LogP contribution in [0.2, 0.25) is 0 Å². The quantitative estimate of drug-likeness (QED) is 0.809. The van der Waals surface area contributed by atoms with Crippen molar-refractivity contribution in [2.24, 2.45) is 5.92 Å². The number of hydrogen-bond acceptors (Lipinski definition) is 3. The van der Waals surface area contributed by atoms with E-state index in [-0.39, 0.29) is 11.7 Å². The molecule has 4 rings (SSSR count). The third-order valence-electron chi connectivity index (χ3n) is 5.31. The Morgan fingerprint density at radius 2 is 2.04 bits per heavy atom. The van der Waals surface area contributed by atoms with Crippen LogP contribution in [0.25, 0.3) is 0 Å². The standard InChI is InChI=1S/C18H22BrNO3/c19-15-5-1-4-14(11-15)18(6-7-18)17(21)20-8-2-3-13(12-20)16-22-9-10-23-16/h1,4-5,11,13,16H,2-3,6-10,12H2. The minimum Gasteiger partial charge on any atom is -0.350 e. The normalized spacial score (nSPS) is 27.2. The predicted octanol–water partition coefficient (Wildman–Crippen LogP) is 3.09. The number of halogens is 1. The number of likely N-dealkylation sites (tertiary alicyclic amines) is 1. The molecule has 1 atom stereocenters. The number of carbonyl (C=O) groups excluding carboxylic acids is 1. The Morgan fingerprint density at radius 3 is 2.74 bits per heavy atom. The summed E-state index contributed by atoms with van der Waals surface area (Å²) in [7, 11) is 0. The van der Waals surface area contributed by atoms with Crippen LogP contribution in [0.5, 0.6) is 0 Å². The molecule has 3 fully saturated rings. The van der Waals surface area contributed by atoms with Crippen LogP contribution in [0.1, 0.15) is 31.2 Å². The van der Waals surface area contributed by atoms with Crippen LogP contribution in [0.4, 0.5) is 0 Å². The maximum absolute atomic E-state index is 13.2. The van der Waals surface area contributed by atoms with Gasteiger partial charge in [-0.05, 0) is 43.4 Å². The Labute approximate surface area is 145 Å². The molecule has 124 valence electrons. The first-order valence-corrected chi connectivity index (χ1v) is 9.27. The monoisotopic (exact) mass is 379 g/mol. The minimum atomic E-state index is -0.289. The van der Waals surface area contributed by atoms with E-state index in [0.717, 1.165) is 48.8 Å². The van der Waals surface area contributed by atoms with Crippen LogP contribution >= 0.6 is 15.9 Å². The van der Waals surface area contributed by atoms with Gasteiger partial charge >= 0.3 is 0 Å². The van der Waals surface area contributed by atoms with Crippen molar-refractivity contribution in [1.29, 1.82) is 0 Å². The van der Waals surface area contributed by atoms with Crippen molar-refractivity contribution in [3.8, 4) is 0 Å². The highest BCUT2D eigenvalue weighted by atomic mass is 79.9. The smallest absolute Gasteiger partial charge is 0.233 e. The first kappa shape index (κ1) is 15.6. The molecule has 1 saturated carbocycles. The lowest BCUT2D eigenvalue weighted by molar-refractivity contribution is -0.141. The molecule has 1 unspecified atom stereocenters. The third-order valence-corrected chi connectivity index (χ3v) is 5.81. The van der Waals surface area contributed by atoms with E-state index in [1.165, 1.54) is 0 Å². The van der Waals surface area contributed by atoms with Crippen molar-refractivity contribution < 1.29 is 14.3 Å². The van der Waals surface area contributed by atoms with Crippen LogP contribution in [0.3, 0.4) is 0 Å². The highest BCUT2D eigenvalue weighted by Gasteiger charge is 2.53. The Balaban J connectivity index is 1.50. The van der Waals surface area contributed by atoms with Gasteiger partial charge in [-0.1, -0.05) is 28.1 Å². The number of rotatable bonds is 3. The molecule has 3 aliphatic rings. The van der Waals surface area contributed by atoms with E-state index in [4.69, 9.17) is 9.47 Å². The van der Waals surface area contributed by atoms with Crippen molar-refractivity contribution in [2.75, 3.05) is 26.3 Å². The summed E-state index contributed by atoms with van der Waals surface area (Å²) >= 11 is 3.52. The maximum Gasteiger partial charge on any atom is 0.233 e. The second-order valence-electron chi connectivity index (χ2n) is 6.86. The van der Waals surface area contributed by atoms with Gasteiger partial charge in [-0.15, -0.1) is 0 Å². The molecule has 0 bridgehead atoms. The van der Waals surface area contributed by atoms with E-state index in [9.17, 15) is 4.79 Å². The summed E-state index contributed by atoms with van der Waals surface area (Å²) in [6.07, 6.45) is 3.92. The number of benzene rings is 1. The first-order chi connectivity index (χ1) is 11.2. The zero-order valence-corrected chi connectivity index (χ0v) is 14.8. The van der Waals surface area contributed by atoms with Crippen molar-refractivity contribution in [1.82, 2.24) is 4.90 Å². The fraction of sp³-hybridized carbons (Fsp3) is 0.611. The summed E-state index contributed by atoms with van der Waals surface area (Å²) in [6, 6.07) is 8.21. The highest BCUT2D eigenvalue weighted by Crippen LogP contribution is 2.50. The average molecular weight is 380 g/mol. The molecule has 0 spiro atoms. The molecular weight excluding hydrogens is 358 g/mol. The lowest BCUT2D eigenvalue weighted by atomic mass is 9.91.